The number of aliphatic hydroxyl groups excluding tert-OH is 1. The lowest BCUT2D eigenvalue weighted by Crippen LogP contribution is -2.34. The number of nitrogens with one attached hydrogen (secondary N) is 1. The fourth-order valence-corrected chi connectivity index (χ4v) is 1.81. The van der Waals surface area contributed by atoms with Gasteiger partial charge in [0.2, 0.25) is 5.91 Å². The van der Waals surface area contributed by atoms with Crippen LogP contribution in [0.25, 0.3) is 0 Å². The third-order valence-electron chi connectivity index (χ3n) is 2.90. The van der Waals surface area contributed by atoms with Gasteiger partial charge in [0.15, 0.2) is 0 Å². The van der Waals surface area contributed by atoms with Gasteiger partial charge in [0.1, 0.15) is 0 Å². The summed E-state index contributed by atoms with van der Waals surface area (Å²) in [5.41, 5.74) is 0. The molecule has 0 aromatic heterocycles. The maximum Gasteiger partial charge on any atom is 0.220 e. The maximum atomic E-state index is 11.4. The second kappa shape index (κ2) is 12.8. The Morgan fingerprint density at radius 2 is 1.78 bits per heavy atom. The summed E-state index contributed by atoms with van der Waals surface area (Å²) < 4.78 is 4.78. The summed E-state index contributed by atoms with van der Waals surface area (Å²) in [7, 11) is 1.53. The lowest BCUT2D eigenvalue weighted by Gasteiger charge is -2.10. The summed E-state index contributed by atoms with van der Waals surface area (Å²) in [5.74, 6) is 0.0266. The molecule has 4 heteroatoms. The first-order valence-corrected chi connectivity index (χ1v) is 7.14. The highest BCUT2D eigenvalue weighted by atomic mass is 16.5. The van der Waals surface area contributed by atoms with Gasteiger partial charge in [-0.1, -0.05) is 45.4 Å². The number of carbonyl (C=O) groups is 1. The van der Waals surface area contributed by atoms with Crippen molar-refractivity contribution in [3.05, 3.63) is 0 Å². The first-order chi connectivity index (χ1) is 8.70. The summed E-state index contributed by atoms with van der Waals surface area (Å²) in [6.45, 7) is 2.75. The molecule has 2 N–H and O–H groups in total. The number of ether oxygens (including phenoxy) is 1. The van der Waals surface area contributed by atoms with Crippen LogP contribution in [0.5, 0.6) is 0 Å². The Bertz CT molecular complexity index is 197. The van der Waals surface area contributed by atoms with Crippen LogP contribution in [-0.4, -0.2) is 37.4 Å². The smallest absolute Gasteiger partial charge is 0.220 e. The quantitative estimate of drug-likeness (QED) is 0.528. The van der Waals surface area contributed by atoms with E-state index in [2.05, 4.69) is 12.2 Å². The molecule has 18 heavy (non-hydrogen) atoms. The average Bonchev–Trinajstić information content (AvgIpc) is 2.35. The van der Waals surface area contributed by atoms with Gasteiger partial charge in [0.25, 0.3) is 0 Å². The molecule has 0 spiro atoms. The fourth-order valence-electron chi connectivity index (χ4n) is 1.81. The van der Waals surface area contributed by atoms with Gasteiger partial charge >= 0.3 is 0 Å². The van der Waals surface area contributed by atoms with Gasteiger partial charge in [-0.25, -0.2) is 0 Å². The second-order valence-electron chi connectivity index (χ2n) is 4.78. The van der Waals surface area contributed by atoms with Crippen molar-refractivity contribution < 1.29 is 14.6 Å². The molecule has 0 aromatic rings. The third-order valence-corrected chi connectivity index (χ3v) is 2.90. The molecule has 0 aromatic carbocycles. The molecule has 0 radical (unpaired) electrons. The Morgan fingerprint density at radius 1 is 1.17 bits per heavy atom. The summed E-state index contributed by atoms with van der Waals surface area (Å²) in [6, 6.07) is 0. The van der Waals surface area contributed by atoms with Gasteiger partial charge < -0.3 is 15.2 Å². The minimum Gasteiger partial charge on any atom is -0.389 e. The lowest BCUT2D eigenvalue weighted by atomic mass is 10.1. The van der Waals surface area contributed by atoms with Crippen LogP contribution in [0, 0.1) is 0 Å². The van der Waals surface area contributed by atoms with Crippen LogP contribution in [-0.2, 0) is 9.53 Å². The molecule has 0 aliphatic carbocycles. The van der Waals surface area contributed by atoms with Crippen LogP contribution >= 0.6 is 0 Å². The molecular formula is C14H29NO3. The van der Waals surface area contributed by atoms with Crippen molar-refractivity contribution in [2.45, 2.75) is 64.4 Å². The zero-order valence-electron chi connectivity index (χ0n) is 11.9. The molecule has 1 unspecified atom stereocenters. The van der Waals surface area contributed by atoms with E-state index in [4.69, 9.17) is 4.74 Å². The van der Waals surface area contributed by atoms with Gasteiger partial charge in [-0.15, -0.1) is 0 Å². The highest BCUT2D eigenvalue weighted by Crippen LogP contribution is 2.08. The molecule has 0 rings (SSSR count). The van der Waals surface area contributed by atoms with Crippen molar-refractivity contribution in [2.24, 2.45) is 0 Å². The van der Waals surface area contributed by atoms with Gasteiger partial charge in [0.05, 0.1) is 12.7 Å². The van der Waals surface area contributed by atoms with E-state index in [9.17, 15) is 9.90 Å². The number of hydrogen-bond donors (Lipinski definition) is 2. The van der Waals surface area contributed by atoms with E-state index < -0.39 is 6.10 Å². The van der Waals surface area contributed by atoms with E-state index in [0.29, 0.717) is 6.42 Å². The lowest BCUT2D eigenvalue weighted by molar-refractivity contribution is -0.121. The zero-order valence-corrected chi connectivity index (χ0v) is 11.9. The Labute approximate surface area is 111 Å². The molecule has 0 saturated carbocycles. The van der Waals surface area contributed by atoms with Crippen molar-refractivity contribution in [3.8, 4) is 0 Å². The normalized spacial score (nSPS) is 12.4. The highest BCUT2D eigenvalue weighted by molar-refractivity contribution is 5.75. The summed E-state index contributed by atoms with van der Waals surface area (Å²) >= 11 is 0. The second-order valence-corrected chi connectivity index (χ2v) is 4.78. The number of hydrogen-bond acceptors (Lipinski definition) is 3. The topological polar surface area (TPSA) is 58.6 Å². The Morgan fingerprint density at radius 3 is 2.39 bits per heavy atom. The number of amides is 1. The first-order valence-electron chi connectivity index (χ1n) is 7.14. The van der Waals surface area contributed by atoms with E-state index in [0.717, 1.165) is 12.8 Å². The minimum atomic E-state index is -0.604. The van der Waals surface area contributed by atoms with Gasteiger partial charge in [-0.3, -0.25) is 4.79 Å². The molecular weight excluding hydrogens is 230 g/mol. The van der Waals surface area contributed by atoms with Crippen molar-refractivity contribution in [1.29, 1.82) is 0 Å². The first kappa shape index (κ1) is 17.4. The van der Waals surface area contributed by atoms with Crippen LogP contribution < -0.4 is 5.32 Å². The summed E-state index contributed by atoms with van der Waals surface area (Å²) in [5, 5.41) is 12.1. The van der Waals surface area contributed by atoms with E-state index in [1.54, 1.807) is 0 Å². The number of rotatable bonds is 12. The minimum absolute atomic E-state index is 0.0266. The van der Waals surface area contributed by atoms with Crippen molar-refractivity contribution in [2.75, 3.05) is 20.3 Å². The van der Waals surface area contributed by atoms with E-state index >= 15 is 0 Å². The highest BCUT2D eigenvalue weighted by Gasteiger charge is 2.06. The van der Waals surface area contributed by atoms with Crippen molar-refractivity contribution in [3.63, 3.8) is 0 Å². The molecule has 1 atom stereocenters. The predicted octanol–water partition coefficient (Wildman–Crippen LogP) is 2.25. The van der Waals surface area contributed by atoms with Gasteiger partial charge in [-0.05, 0) is 6.42 Å². The average molecular weight is 259 g/mol. The third kappa shape index (κ3) is 11.9. The van der Waals surface area contributed by atoms with Crippen LogP contribution in [0.2, 0.25) is 0 Å². The predicted molar refractivity (Wildman–Crippen MR) is 73.5 cm³/mol. The van der Waals surface area contributed by atoms with Crippen LogP contribution in [0.3, 0.4) is 0 Å². The van der Waals surface area contributed by atoms with E-state index in [1.165, 1.54) is 39.2 Å². The SMILES string of the molecule is CCCCCCCCCC(=O)NCC(O)COC. The maximum absolute atomic E-state index is 11.4. The van der Waals surface area contributed by atoms with Crippen LogP contribution in [0.4, 0.5) is 0 Å². The van der Waals surface area contributed by atoms with Crippen LogP contribution in [0.1, 0.15) is 58.3 Å². The molecule has 108 valence electrons. The Kier molecular flexibility index (Phi) is 12.4. The monoisotopic (exact) mass is 259 g/mol. The standard InChI is InChI=1S/C14H29NO3/c1-3-4-5-6-7-8-9-10-14(17)15-11-13(16)12-18-2/h13,16H,3-12H2,1-2H3,(H,15,17). The zero-order chi connectivity index (χ0) is 13.6. The molecule has 1 amide bonds. The number of carbonyl (C=O) groups excluding carboxylic acids is 1. The Hall–Kier alpha value is -0.610. The molecule has 0 heterocycles. The number of aliphatic hydroxyl groups is 1. The van der Waals surface area contributed by atoms with Gasteiger partial charge in [-0.2, -0.15) is 0 Å². The van der Waals surface area contributed by atoms with Gasteiger partial charge in [0, 0.05) is 20.1 Å². The van der Waals surface area contributed by atoms with Crippen LogP contribution in [0.15, 0.2) is 0 Å². The molecule has 0 saturated heterocycles. The number of unbranched alkanes of at least 4 members (excludes halogenated alkanes) is 6. The van der Waals surface area contributed by atoms with E-state index in [1.807, 2.05) is 0 Å². The largest absolute Gasteiger partial charge is 0.389 e. The summed E-state index contributed by atoms with van der Waals surface area (Å²) in [4.78, 5) is 11.4. The summed E-state index contributed by atoms with van der Waals surface area (Å²) in [6.07, 6.45) is 8.43. The van der Waals surface area contributed by atoms with Crippen molar-refractivity contribution >= 4 is 5.91 Å². The molecule has 0 aliphatic rings. The molecule has 4 nitrogen and oxygen atoms in total. The number of methoxy groups -OCH3 is 1. The Balaban J connectivity index is 3.26. The fraction of sp³-hybridized carbons (Fsp3) is 0.929. The molecule has 0 aliphatic heterocycles. The van der Waals surface area contributed by atoms with E-state index in [-0.39, 0.29) is 19.1 Å². The van der Waals surface area contributed by atoms with Crippen molar-refractivity contribution in [1.82, 2.24) is 5.32 Å². The molecule has 0 fully saturated rings. The molecule has 0 bridgehead atoms.